The molecule has 0 amide bonds. The molecule has 1 saturated heterocycles. The third-order valence-corrected chi connectivity index (χ3v) is 3.23. The van der Waals surface area contributed by atoms with Crippen molar-refractivity contribution >= 4 is 11.9 Å². The Hall–Kier alpha value is -1.63. The molecule has 0 aromatic carbocycles. The van der Waals surface area contributed by atoms with Gasteiger partial charge in [-0.2, -0.15) is 15.0 Å². The lowest BCUT2D eigenvalue weighted by atomic mass is 9.93. The Morgan fingerprint density at radius 1 is 1.15 bits per heavy atom. The van der Waals surface area contributed by atoms with Crippen LogP contribution in [0, 0.1) is 0 Å². The maximum absolute atomic E-state index is 5.40. The summed E-state index contributed by atoms with van der Waals surface area (Å²) in [5.74, 6) is 1.08. The maximum atomic E-state index is 5.40. The molecule has 1 aliphatic rings. The number of ether oxygens (including phenoxy) is 2. The average Bonchev–Trinajstić information content (AvgIpc) is 2.39. The van der Waals surface area contributed by atoms with Crippen LogP contribution in [0.25, 0.3) is 0 Å². The van der Waals surface area contributed by atoms with Crippen LogP contribution in [0.4, 0.5) is 11.9 Å². The number of aromatic nitrogens is 3. The number of nitrogens with one attached hydrogen (secondary N) is 2. The predicted octanol–water partition coefficient (Wildman–Crippen LogP) is 1.68. The molecule has 112 valence electrons. The second kappa shape index (κ2) is 6.69. The zero-order chi connectivity index (χ0) is 14.4. The summed E-state index contributed by atoms with van der Waals surface area (Å²) >= 11 is 0. The van der Waals surface area contributed by atoms with Gasteiger partial charge in [0.05, 0.1) is 6.61 Å². The fourth-order valence-corrected chi connectivity index (χ4v) is 2.06. The number of rotatable bonds is 6. The lowest BCUT2D eigenvalue weighted by Crippen LogP contribution is -2.41. The van der Waals surface area contributed by atoms with Crippen LogP contribution in [0.2, 0.25) is 0 Å². The van der Waals surface area contributed by atoms with Gasteiger partial charge in [0.1, 0.15) is 0 Å². The van der Waals surface area contributed by atoms with Gasteiger partial charge in [0.2, 0.25) is 11.9 Å². The van der Waals surface area contributed by atoms with Gasteiger partial charge in [-0.3, -0.25) is 0 Å². The van der Waals surface area contributed by atoms with Crippen molar-refractivity contribution in [3.05, 3.63) is 0 Å². The fourth-order valence-electron chi connectivity index (χ4n) is 2.06. The van der Waals surface area contributed by atoms with Crippen molar-refractivity contribution < 1.29 is 9.47 Å². The minimum Gasteiger partial charge on any atom is -0.464 e. The third kappa shape index (κ3) is 3.93. The number of nitrogens with zero attached hydrogens (tertiary/aromatic N) is 3. The van der Waals surface area contributed by atoms with Crippen molar-refractivity contribution in [2.24, 2.45) is 0 Å². The van der Waals surface area contributed by atoms with Crippen molar-refractivity contribution in [1.29, 1.82) is 0 Å². The monoisotopic (exact) mass is 281 g/mol. The van der Waals surface area contributed by atoms with E-state index >= 15 is 0 Å². The van der Waals surface area contributed by atoms with E-state index in [1.807, 2.05) is 13.8 Å². The molecule has 2 N–H and O–H groups in total. The molecule has 1 aliphatic heterocycles. The van der Waals surface area contributed by atoms with Gasteiger partial charge in [-0.1, -0.05) is 0 Å². The summed E-state index contributed by atoms with van der Waals surface area (Å²) < 4.78 is 10.8. The van der Waals surface area contributed by atoms with E-state index in [1.165, 1.54) is 0 Å². The van der Waals surface area contributed by atoms with Crippen LogP contribution in [-0.4, -0.2) is 46.9 Å². The first-order valence-corrected chi connectivity index (χ1v) is 7.14. The SMILES string of the molecule is CCNc1nc(NC2(C)CCOCC2)nc(OCC)n1. The van der Waals surface area contributed by atoms with Gasteiger partial charge >= 0.3 is 6.01 Å². The van der Waals surface area contributed by atoms with Crippen LogP contribution < -0.4 is 15.4 Å². The molecule has 1 aromatic heterocycles. The first-order valence-electron chi connectivity index (χ1n) is 7.14. The Morgan fingerprint density at radius 3 is 2.50 bits per heavy atom. The second-order valence-electron chi connectivity index (χ2n) is 5.03. The first kappa shape index (κ1) is 14.8. The fraction of sp³-hybridized carbons (Fsp3) is 0.769. The quantitative estimate of drug-likeness (QED) is 0.821. The zero-order valence-electron chi connectivity index (χ0n) is 12.4. The molecule has 2 rings (SSSR count). The summed E-state index contributed by atoms with van der Waals surface area (Å²) in [4.78, 5) is 12.9. The average molecular weight is 281 g/mol. The Kier molecular flexibility index (Phi) is 4.94. The van der Waals surface area contributed by atoms with Gasteiger partial charge in [0.25, 0.3) is 0 Å². The summed E-state index contributed by atoms with van der Waals surface area (Å²) in [6.07, 6.45) is 1.86. The van der Waals surface area contributed by atoms with Gasteiger partial charge in [-0.25, -0.2) is 0 Å². The van der Waals surface area contributed by atoms with Gasteiger partial charge in [-0.05, 0) is 33.6 Å². The highest BCUT2D eigenvalue weighted by Crippen LogP contribution is 2.24. The molecule has 0 bridgehead atoms. The summed E-state index contributed by atoms with van der Waals surface area (Å²) in [5.41, 5.74) is -0.0490. The molecule has 20 heavy (non-hydrogen) atoms. The van der Waals surface area contributed by atoms with E-state index in [2.05, 4.69) is 32.5 Å². The molecule has 0 spiro atoms. The van der Waals surface area contributed by atoms with Crippen LogP contribution in [0.5, 0.6) is 6.01 Å². The van der Waals surface area contributed by atoms with Crippen molar-refractivity contribution in [2.45, 2.75) is 39.2 Å². The zero-order valence-corrected chi connectivity index (χ0v) is 12.4. The van der Waals surface area contributed by atoms with Gasteiger partial charge in [-0.15, -0.1) is 0 Å². The smallest absolute Gasteiger partial charge is 0.323 e. The van der Waals surface area contributed by atoms with E-state index in [0.717, 1.165) is 32.6 Å². The highest BCUT2D eigenvalue weighted by molar-refractivity contribution is 5.38. The van der Waals surface area contributed by atoms with Crippen LogP contribution in [-0.2, 0) is 4.74 Å². The van der Waals surface area contributed by atoms with Crippen LogP contribution in [0.15, 0.2) is 0 Å². The molecule has 0 radical (unpaired) electrons. The molecule has 0 saturated carbocycles. The van der Waals surface area contributed by atoms with Crippen molar-refractivity contribution in [1.82, 2.24) is 15.0 Å². The molecular formula is C13H23N5O2. The van der Waals surface area contributed by atoms with Crippen LogP contribution >= 0.6 is 0 Å². The number of hydrogen-bond acceptors (Lipinski definition) is 7. The largest absolute Gasteiger partial charge is 0.464 e. The molecule has 1 aromatic rings. The molecule has 7 heteroatoms. The Morgan fingerprint density at radius 2 is 1.85 bits per heavy atom. The normalized spacial score (nSPS) is 17.6. The minimum atomic E-state index is -0.0490. The molecule has 1 fully saturated rings. The van der Waals surface area contributed by atoms with Gasteiger partial charge < -0.3 is 20.1 Å². The van der Waals surface area contributed by atoms with Crippen molar-refractivity contribution in [2.75, 3.05) is 37.0 Å². The van der Waals surface area contributed by atoms with Crippen molar-refractivity contribution in [3.8, 4) is 6.01 Å². The predicted molar refractivity (Wildman–Crippen MR) is 77.2 cm³/mol. The molecule has 0 unspecified atom stereocenters. The van der Waals surface area contributed by atoms with Gasteiger partial charge in [0.15, 0.2) is 0 Å². The maximum Gasteiger partial charge on any atom is 0.323 e. The van der Waals surface area contributed by atoms with E-state index in [4.69, 9.17) is 9.47 Å². The van der Waals surface area contributed by atoms with E-state index in [0.29, 0.717) is 24.5 Å². The Bertz CT molecular complexity index is 411. The standard InChI is InChI=1S/C13H23N5O2/c1-4-14-10-15-11(17-12(16-10)20-5-2)18-13(3)6-8-19-9-7-13/h4-9H2,1-3H3,(H2,14,15,16,17,18). The molecule has 2 heterocycles. The minimum absolute atomic E-state index is 0.0490. The van der Waals surface area contributed by atoms with E-state index in [1.54, 1.807) is 0 Å². The number of hydrogen-bond donors (Lipinski definition) is 2. The van der Waals surface area contributed by atoms with E-state index in [9.17, 15) is 0 Å². The summed E-state index contributed by atoms with van der Waals surface area (Å²) in [7, 11) is 0. The topological polar surface area (TPSA) is 81.2 Å². The first-order chi connectivity index (χ1) is 9.65. The van der Waals surface area contributed by atoms with Crippen molar-refractivity contribution in [3.63, 3.8) is 0 Å². The second-order valence-corrected chi connectivity index (χ2v) is 5.03. The summed E-state index contributed by atoms with van der Waals surface area (Å²) in [6, 6.07) is 0.344. The lowest BCUT2D eigenvalue weighted by Gasteiger charge is -2.34. The van der Waals surface area contributed by atoms with E-state index in [-0.39, 0.29) is 5.54 Å². The van der Waals surface area contributed by atoms with Crippen LogP contribution in [0.1, 0.15) is 33.6 Å². The summed E-state index contributed by atoms with van der Waals surface area (Å²) in [5, 5.41) is 6.48. The third-order valence-electron chi connectivity index (χ3n) is 3.23. The molecule has 7 nitrogen and oxygen atoms in total. The van der Waals surface area contributed by atoms with Crippen LogP contribution in [0.3, 0.4) is 0 Å². The Labute approximate surface area is 119 Å². The molecule has 0 aliphatic carbocycles. The Balaban J connectivity index is 2.16. The lowest BCUT2D eigenvalue weighted by molar-refractivity contribution is 0.0655. The summed E-state index contributed by atoms with van der Waals surface area (Å²) in [6.45, 7) is 8.85. The highest BCUT2D eigenvalue weighted by Gasteiger charge is 2.28. The van der Waals surface area contributed by atoms with Gasteiger partial charge in [0, 0.05) is 25.3 Å². The van der Waals surface area contributed by atoms with E-state index < -0.39 is 0 Å². The molecule has 0 atom stereocenters. The molecular weight excluding hydrogens is 258 g/mol. The highest BCUT2D eigenvalue weighted by atomic mass is 16.5. The number of anilines is 2.